The third kappa shape index (κ3) is 4.07. The lowest BCUT2D eigenvalue weighted by atomic mass is 9.86. The summed E-state index contributed by atoms with van der Waals surface area (Å²) in [7, 11) is 0. The number of rotatable bonds is 3. The highest BCUT2D eigenvalue weighted by atomic mass is 16.5. The van der Waals surface area contributed by atoms with Gasteiger partial charge in [-0.05, 0) is 12.3 Å². The van der Waals surface area contributed by atoms with Gasteiger partial charge in [0, 0.05) is 19.1 Å². The van der Waals surface area contributed by atoms with Gasteiger partial charge in [0.2, 0.25) is 0 Å². The van der Waals surface area contributed by atoms with Gasteiger partial charge in [-0.3, -0.25) is 5.32 Å². The Kier molecular flexibility index (Phi) is 4.52. The number of aliphatic hydroxyl groups excluding tert-OH is 1. The molecule has 1 rings (SSSR count). The zero-order chi connectivity index (χ0) is 11.5. The van der Waals surface area contributed by atoms with E-state index in [1.807, 2.05) is 6.92 Å². The topological polar surface area (TPSA) is 53.5 Å². The van der Waals surface area contributed by atoms with E-state index in [1.54, 1.807) is 0 Å². The largest absolute Gasteiger partial charge is 0.394 e. The first-order valence-electron chi connectivity index (χ1n) is 5.66. The van der Waals surface area contributed by atoms with Crippen molar-refractivity contribution in [1.29, 1.82) is 0 Å². The maximum absolute atomic E-state index is 8.87. The van der Waals surface area contributed by atoms with Crippen molar-refractivity contribution in [2.45, 2.75) is 46.1 Å². The summed E-state index contributed by atoms with van der Waals surface area (Å²) in [6.45, 7) is 10.3. The van der Waals surface area contributed by atoms with Gasteiger partial charge >= 0.3 is 0 Å². The van der Waals surface area contributed by atoms with Crippen LogP contribution in [0, 0.1) is 5.41 Å². The molecular weight excluding hydrogens is 192 g/mol. The van der Waals surface area contributed by atoms with Crippen molar-refractivity contribution in [1.82, 2.24) is 10.6 Å². The van der Waals surface area contributed by atoms with Crippen LogP contribution in [0.15, 0.2) is 0 Å². The fourth-order valence-electron chi connectivity index (χ4n) is 1.67. The van der Waals surface area contributed by atoms with E-state index in [4.69, 9.17) is 9.84 Å². The van der Waals surface area contributed by atoms with E-state index in [2.05, 4.69) is 31.4 Å². The Labute approximate surface area is 92.4 Å². The van der Waals surface area contributed by atoms with Crippen LogP contribution >= 0.6 is 0 Å². The standard InChI is InChI=1S/C11H24N2O2/c1-8(7-14)15-10-6-12-9(5-13-10)11(2,3)4/h8-10,12-14H,5-7H2,1-4H3/t8-,9?,10?/m0/s1. The molecule has 0 aromatic heterocycles. The molecule has 0 radical (unpaired) electrons. The van der Waals surface area contributed by atoms with Crippen LogP contribution in [-0.2, 0) is 4.74 Å². The summed E-state index contributed by atoms with van der Waals surface area (Å²) in [5.41, 5.74) is 0.264. The summed E-state index contributed by atoms with van der Waals surface area (Å²) in [6, 6.07) is 0.474. The molecule has 0 saturated carbocycles. The summed E-state index contributed by atoms with van der Waals surface area (Å²) in [5, 5.41) is 15.7. The lowest BCUT2D eigenvalue weighted by Crippen LogP contribution is -2.59. The molecule has 4 nitrogen and oxygen atoms in total. The second-order valence-corrected chi connectivity index (χ2v) is 5.35. The normalized spacial score (nSPS) is 30.2. The van der Waals surface area contributed by atoms with Crippen LogP contribution in [0.5, 0.6) is 0 Å². The van der Waals surface area contributed by atoms with Gasteiger partial charge in [-0.15, -0.1) is 0 Å². The van der Waals surface area contributed by atoms with Crippen LogP contribution in [0.3, 0.4) is 0 Å². The first kappa shape index (κ1) is 12.9. The SMILES string of the molecule is C[C@@H](CO)OC1CNC(C(C)(C)C)CN1. The summed E-state index contributed by atoms with van der Waals surface area (Å²) in [6.07, 6.45) is -0.0822. The Hall–Kier alpha value is -0.160. The van der Waals surface area contributed by atoms with Crippen LogP contribution < -0.4 is 10.6 Å². The van der Waals surface area contributed by atoms with Crippen LogP contribution in [0.4, 0.5) is 0 Å². The molecule has 0 amide bonds. The van der Waals surface area contributed by atoms with Crippen LogP contribution in [-0.4, -0.2) is 43.2 Å². The molecule has 1 heterocycles. The summed E-state index contributed by atoms with van der Waals surface area (Å²) in [5.74, 6) is 0. The predicted molar refractivity (Wildman–Crippen MR) is 60.7 cm³/mol. The number of hydrogen-bond donors (Lipinski definition) is 3. The first-order chi connectivity index (χ1) is 6.93. The molecule has 0 aliphatic carbocycles. The lowest BCUT2D eigenvalue weighted by molar-refractivity contribution is -0.0572. The van der Waals surface area contributed by atoms with Gasteiger partial charge in [-0.1, -0.05) is 20.8 Å². The first-order valence-corrected chi connectivity index (χ1v) is 5.66. The van der Waals surface area contributed by atoms with Crippen molar-refractivity contribution in [3.8, 4) is 0 Å². The molecule has 3 N–H and O–H groups in total. The Bertz CT molecular complexity index is 184. The Balaban J connectivity index is 2.30. The van der Waals surface area contributed by atoms with Crippen LogP contribution in [0.25, 0.3) is 0 Å². The third-order valence-electron chi connectivity index (χ3n) is 2.80. The van der Waals surface area contributed by atoms with Gasteiger partial charge < -0.3 is 15.2 Å². The van der Waals surface area contributed by atoms with E-state index in [-0.39, 0.29) is 24.4 Å². The second-order valence-electron chi connectivity index (χ2n) is 5.35. The van der Waals surface area contributed by atoms with E-state index < -0.39 is 0 Å². The third-order valence-corrected chi connectivity index (χ3v) is 2.80. The molecule has 2 unspecified atom stereocenters. The summed E-state index contributed by atoms with van der Waals surface area (Å²) < 4.78 is 5.58. The maximum atomic E-state index is 8.87. The summed E-state index contributed by atoms with van der Waals surface area (Å²) in [4.78, 5) is 0. The smallest absolute Gasteiger partial charge is 0.121 e. The molecule has 0 spiro atoms. The number of aliphatic hydroxyl groups is 1. The molecule has 1 saturated heterocycles. The van der Waals surface area contributed by atoms with Gasteiger partial charge in [-0.25, -0.2) is 0 Å². The Morgan fingerprint density at radius 1 is 1.33 bits per heavy atom. The highest BCUT2D eigenvalue weighted by Gasteiger charge is 2.29. The molecule has 4 heteroatoms. The fraction of sp³-hybridized carbons (Fsp3) is 1.00. The van der Waals surface area contributed by atoms with Crippen molar-refractivity contribution in [3.05, 3.63) is 0 Å². The quantitative estimate of drug-likeness (QED) is 0.636. The van der Waals surface area contributed by atoms with E-state index in [1.165, 1.54) is 0 Å². The monoisotopic (exact) mass is 216 g/mol. The van der Waals surface area contributed by atoms with E-state index >= 15 is 0 Å². The number of ether oxygens (including phenoxy) is 1. The highest BCUT2D eigenvalue weighted by Crippen LogP contribution is 2.20. The minimum Gasteiger partial charge on any atom is -0.394 e. The Morgan fingerprint density at radius 2 is 2.00 bits per heavy atom. The molecule has 15 heavy (non-hydrogen) atoms. The zero-order valence-corrected chi connectivity index (χ0v) is 10.2. The molecule has 0 aromatic rings. The fourth-order valence-corrected chi connectivity index (χ4v) is 1.67. The zero-order valence-electron chi connectivity index (χ0n) is 10.2. The molecule has 0 bridgehead atoms. The molecule has 1 fully saturated rings. The number of piperazine rings is 1. The average molecular weight is 216 g/mol. The number of hydrogen-bond acceptors (Lipinski definition) is 4. The van der Waals surface area contributed by atoms with Crippen molar-refractivity contribution >= 4 is 0 Å². The minimum atomic E-state index is -0.101. The van der Waals surface area contributed by atoms with E-state index in [0.29, 0.717) is 6.04 Å². The van der Waals surface area contributed by atoms with Crippen molar-refractivity contribution in [2.75, 3.05) is 19.7 Å². The average Bonchev–Trinajstić information content (AvgIpc) is 2.17. The van der Waals surface area contributed by atoms with Gasteiger partial charge in [0.05, 0.1) is 12.7 Å². The van der Waals surface area contributed by atoms with Gasteiger partial charge in [-0.2, -0.15) is 0 Å². The minimum absolute atomic E-state index is 0.0192. The lowest BCUT2D eigenvalue weighted by Gasteiger charge is -2.39. The van der Waals surface area contributed by atoms with Gasteiger partial charge in [0.15, 0.2) is 0 Å². The molecule has 90 valence electrons. The second kappa shape index (κ2) is 5.25. The molecule has 0 aromatic carbocycles. The Morgan fingerprint density at radius 3 is 2.40 bits per heavy atom. The predicted octanol–water partition coefficient (Wildman–Crippen LogP) is 0.317. The van der Waals surface area contributed by atoms with E-state index in [0.717, 1.165) is 13.1 Å². The van der Waals surface area contributed by atoms with Gasteiger partial charge in [0.1, 0.15) is 6.23 Å². The molecule has 1 aliphatic heterocycles. The molecule has 3 atom stereocenters. The van der Waals surface area contributed by atoms with Crippen LogP contribution in [0.2, 0.25) is 0 Å². The number of nitrogens with one attached hydrogen (secondary N) is 2. The molecule has 1 aliphatic rings. The van der Waals surface area contributed by atoms with Crippen molar-refractivity contribution < 1.29 is 9.84 Å². The maximum Gasteiger partial charge on any atom is 0.121 e. The molecular formula is C11H24N2O2. The van der Waals surface area contributed by atoms with E-state index in [9.17, 15) is 0 Å². The van der Waals surface area contributed by atoms with Gasteiger partial charge in [0.25, 0.3) is 0 Å². The highest BCUT2D eigenvalue weighted by molar-refractivity contribution is 4.87. The summed E-state index contributed by atoms with van der Waals surface area (Å²) >= 11 is 0. The van der Waals surface area contributed by atoms with Crippen LogP contribution in [0.1, 0.15) is 27.7 Å². The van der Waals surface area contributed by atoms with Crippen molar-refractivity contribution in [2.24, 2.45) is 5.41 Å². The van der Waals surface area contributed by atoms with Crippen molar-refractivity contribution in [3.63, 3.8) is 0 Å².